The van der Waals surface area contributed by atoms with Gasteiger partial charge in [-0.05, 0) is 72.7 Å². The molecule has 3 fully saturated rings. The Morgan fingerprint density at radius 2 is 1.74 bits per heavy atom. The predicted molar refractivity (Wildman–Crippen MR) is 151 cm³/mol. The molecule has 0 unspecified atom stereocenters. The summed E-state index contributed by atoms with van der Waals surface area (Å²) >= 11 is 0. The Labute approximate surface area is 231 Å². The number of ether oxygens (including phenoxy) is 3. The van der Waals surface area contributed by atoms with Crippen LogP contribution in [0.3, 0.4) is 0 Å². The maximum atomic E-state index is 11.7. The van der Waals surface area contributed by atoms with E-state index in [2.05, 4.69) is 38.1 Å². The molecule has 0 aromatic carbocycles. The standard InChI is InChI=1S/C17H20N4O2.C12H22N2O2/c1-11-16-13(3-5-18-11)20-17-15(12(2)23-16)14(4-6-19-17)21-7-9-22-10-8-21;1-12(2,3)16-11(15)14-8-10(9-14)13-6-4-5-7-13/h3-6,12H,7-10H2,1-2H3,(H,19,20);10H,4-9H2,1-3H3/t12-;/m1./s1. The molecule has 1 amide bonds. The van der Waals surface area contributed by atoms with Gasteiger partial charge < -0.3 is 29.3 Å². The maximum absolute atomic E-state index is 11.7. The molecule has 10 nitrogen and oxygen atoms in total. The normalized spacial score (nSPS) is 21.3. The minimum atomic E-state index is -0.379. The van der Waals surface area contributed by atoms with Crippen LogP contribution in [0.4, 0.5) is 22.0 Å². The van der Waals surface area contributed by atoms with Gasteiger partial charge in [-0.15, -0.1) is 0 Å². The number of amides is 1. The number of anilines is 3. The number of likely N-dealkylation sites (tertiary alicyclic amines) is 2. The molecule has 0 spiro atoms. The van der Waals surface area contributed by atoms with E-state index in [1.54, 1.807) is 11.1 Å². The van der Waals surface area contributed by atoms with E-state index >= 15 is 0 Å². The first kappa shape index (κ1) is 27.5. The SMILES string of the molecule is CC(C)(C)OC(=O)N1CC(N2CCCC2)C1.Cc1nccc2c1O[C@H](C)c1c(N3CCOCC3)ccnc1N2. The van der Waals surface area contributed by atoms with E-state index in [1.807, 2.05) is 40.0 Å². The van der Waals surface area contributed by atoms with Crippen LogP contribution in [0.5, 0.6) is 5.75 Å². The second-order valence-corrected chi connectivity index (χ2v) is 11.6. The first-order chi connectivity index (χ1) is 18.7. The summed E-state index contributed by atoms with van der Waals surface area (Å²) in [7, 11) is 0. The average molecular weight is 539 g/mol. The fraction of sp³-hybridized carbons (Fsp3) is 0.621. The van der Waals surface area contributed by atoms with E-state index in [0.717, 1.165) is 73.6 Å². The minimum absolute atomic E-state index is 0.104. The molecular weight excluding hydrogens is 496 g/mol. The van der Waals surface area contributed by atoms with Crippen molar-refractivity contribution in [3.63, 3.8) is 0 Å². The fourth-order valence-electron chi connectivity index (χ4n) is 5.48. The summed E-state index contributed by atoms with van der Waals surface area (Å²) < 4.78 is 17.0. The molecule has 0 aliphatic carbocycles. The molecule has 39 heavy (non-hydrogen) atoms. The number of fused-ring (bicyclic) bond motifs is 2. The van der Waals surface area contributed by atoms with Crippen LogP contribution in [0.15, 0.2) is 24.5 Å². The number of nitrogens with one attached hydrogen (secondary N) is 1. The third-order valence-corrected chi connectivity index (χ3v) is 7.53. The van der Waals surface area contributed by atoms with E-state index < -0.39 is 0 Å². The fourth-order valence-corrected chi connectivity index (χ4v) is 5.48. The number of morpholine rings is 1. The van der Waals surface area contributed by atoms with E-state index in [-0.39, 0.29) is 17.8 Å². The number of pyridine rings is 2. The zero-order valence-corrected chi connectivity index (χ0v) is 23.9. The molecular formula is C29H42N6O4. The number of carbonyl (C=O) groups excluding carboxylic acids is 1. The van der Waals surface area contributed by atoms with Crippen molar-refractivity contribution < 1.29 is 19.0 Å². The van der Waals surface area contributed by atoms with Gasteiger partial charge in [-0.25, -0.2) is 9.78 Å². The van der Waals surface area contributed by atoms with Gasteiger partial charge in [-0.2, -0.15) is 0 Å². The molecule has 2 aromatic heterocycles. The average Bonchev–Trinajstić information content (AvgIpc) is 3.34. The molecule has 6 rings (SSSR count). The Morgan fingerprint density at radius 3 is 2.44 bits per heavy atom. The molecule has 2 aromatic rings. The predicted octanol–water partition coefficient (Wildman–Crippen LogP) is 4.52. The summed E-state index contributed by atoms with van der Waals surface area (Å²) in [5.41, 5.74) is 3.66. The van der Waals surface area contributed by atoms with Crippen LogP contribution >= 0.6 is 0 Å². The van der Waals surface area contributed by atoms with Crippen molar-refractivity contribution >= 4 is 23.3 Å². The third kappa shape index (κ3) is 6.38. The molecule has 4 aliphatic rings. The van der Waals surface area contributed by atoms with E-state index in [0.29, 0.717) is 6.04 Å². The van der Waals surface area contributed by atoms with Crippen molar-refractivity contribution in [3.8, 4) is 5.75 Å². The van der Waals surface area contributed by atoms with E-state index in [1.165, 1.54) is 25.9 Å². The number of nitrogens with zero attached hydrogens (tertiary/aromatic N) is 5. The van der Waals surface area contributed by atoms with Crippen LogP contribution in [-0.2, 0) is 9.47 Å². The third-order valence-electron chi connectivity index (χ3n) is 7.53. The summed E-state index contributed by atoms with van der Waals surface area (Å²) in [5.74, 6) is 1.65. The summed E-state index contributed by atoms with van der Waals surface area (Å²) in [4.78, 5) is 27.2. The van der Waals surface area contributed by atoms with Crippen molar-refractivity contribution in [3.05, 3.63) is 35.8 Å². The highest BCUT2D eigenvalue weighted by atomic mass is 16.6. The Kier molecular flexibility index (Phi) is 8.13. The molecule has 4 aliphatic heterocycles. The molecule has 6 heterocycles. The van der Waals surface area contributed by atoms with Gasteiger partial charge in [0.2, 0.25) is 0 Å². The van der Waals surface area contributed by atoms with Crippen LogP contribution in [0.25, 0.3) is 0 Å². The second kappa shape index (κ2) is 11.6. The molecule has 3 saturated heterocycles. The summed E-state index contributed by atoms with van der Waals surface area (Å²) in [5, 5.41) is 3.42. The van der Waals surface area contributed by atoms with Gasteiger partial charge in [-0.1, -0.05) is 0 Å². The maximum Gasteiger partial charge on any atom is 0.410 e. The van der Waals surface area contributed by atoms with Crippen molar-refractivity contribution in [2.45, 2.75) is 65.2 Å². The molecule has 10 heteroatoms. The zero-order chi connectivity index (χ0) is 27.6. The van der Waals surface area contributed by atoms with Crippen molar-refractivity contribution in [1.82, 2.24) is 19.8 Å². The van der Waals surface area contributed by atoms with Crippen molar-refractivity contribution in [1.29, 1.82) is 0 Å². The van der Waals surface area contributed by atoms with Gasteiger partial charge >= 0.3 is 6.09 Å². The number of hydrogen-bond acceptors (Lipinski definition) is 9. The van der Waals surface area contributed by atoms with E-state index in [4.69, 9.17) is 14.2 Å². The lowest BCUT2D eigenvalue weighted by molar-refractivity contribution is -0.0112. The Balaban J connectivity index is 0.000000169. The lowest BCUT2D eigenvalue weighted by Crippen LogP contribution is -2.61. The molecule has 1 N–H and O–H groups in total. The van der Waals surface area contributed by atoms with Crippen LogP contribution in [-0.4, -0.2) is 90.0 Å². The smallest absolute Gasteiger partial charge is 0.410 e. The van der Waals surface area contributed by atoms with Gasteiger partial charge in [0.15, 0.2) is 5.75 Å². The zero-order valence-electron chi connectivity index (χ0n) is 23.9. The second-order valence-electron chi connectivity index (χ2n) is 11.6. The topological polar surface area (TPSA) is 92.3 Å². The van der Waals surface area contributed by atoms with Crippen molar-refractivity contribution in [2.75, 3.05) is 62.7 Å². The molecule has 0 radical (unpaired) electrons. The van der Waals surface area contributed by atoms with Crippen LogP contribution in [0.2, 0.25) is 0 Å². The highest BCUT2D eigenvalue weighted by molar-refractivity contribution is 5.74. The summed E-state index contributed by atoms with van der Waals surface area (Å²) in [6, 6.07) is 4.56. The van der Waals surface area contributed by atoms with E-state index in [9.17, 15) is 4.79 Å². The van der Waals surface area contributed by atoms with Crippen LogP contribution in [0, 0.1) is 6.92 Å². The van der Waals surface area contributed by atoms with Crippen molar-refractivity contribution in [2.24, 2.45) is 0 Å². The largest absolute Gasteiger partial charge is 0.482 e. The molecule has 1 atom stereocenters. The first-order valence-corrected chi connectivity index (χ1v) is 14.1. The Bertz CT molecular complexity index is 1150. The Morgan fingerprint density at radius 1 is 1.05 bits per heavy atom. The van der Waals surface area contributed by atoms with Gasteiger partial charge in [-0.3, -0.25) is 9.88 Å². The molecule has 0 bridgehead atoms. The van der Waals surface area contributed by atoms with Crippen LogP contribution in [0.1, 0.15) is 57.9 Å². The van der Waals surface area contributed by atoms with Crippen LogP contribution < -0.4 is 15.0 Å². The number of hydrogen-bond donors (Lipinski definition) is 1. The monoisotopic (exact) mass is 538 g/mol. The van der Waals surface area contributed by atoms with Gasteiger partial charge in [0, 0.05) is 50.3 Å². The van der Waals surface area contributed by atoms with Gasteiger partial charge in [0.25, 0.3) is 0 Å². The van der Waals surface area contributed by atoms with Gasteiger partial charge in [0.05, 0.1) is 30.2 Å². The summed E-state index contributed by atoms with van der Waals surface area (Å²) in [6.45, 7) is 17.1. The highest BCUT2D eigenvalue weighted by Gasteiger charge is 2.37. The lowest BCUT2D eigenvalue weighted by atomic mass is 10.1. The molecule has 212 valence electrons. The number of aromatic nitrogens is 2. The number of aryl methyl sites for hydroxylation is 1. The van der Waals surface area contributed by atoms with Gasteiger partial charge in [0.1, 0.15) is 17.5 Å². The summed E-state index contributed by atoms with van der Waals surface area (Å²) in [6.07, 6.45) is 5.98. The minimum Gasteiger partial charge on any atom is -0.482 e. The quantitative estimate of drug-likeness (QED) is 0.592. The molecule has 0 saturated carbocycles. The number of carbonyl (C=O) groups is 1. The number of rotatable bonds is 2. The lowest BCUT2D eigenvalue weighted by Gasteiger charge is -2.44. The highest BCUT2D eigenvalue weighted by Crippen LogP contribution is 2.42. The first-order valence-electron chi connectivity index (χ1n) is 14.1. The Hall–Kier alpha value is -3.11.